The molecule has 5 heteroatoms. The van der Waals surface area contributed by atoms with Crippen LogP contribution in [0.15, 0.2) is 6.20 Å². The number of hydrogen-bond donors (Lipinski definition) is 1. The Kier molecular flexibility index (Phi) is 4.52. The Balaban J connectivity index is 2.16. The first-order chi connectivity index (χ1) is 9.93. The fourth-order valence-corrected chi connectivity index (χ4v) is 3.15. The predicted octanol–water partition coefficient (Wildman–Crippen LogP) is 2.39. The van der Waals surface area contributed by atoms with Gasteiger partial charge in [-0.3, -0.25) is 14.7 Å². The molecule has 0 amide bonds. The van der Waals surface area contributed by atoms with Crippen LogP contribution in [0, 0.1) is 19.3 Å². The maximum atomic E-state index is 11.5. The molecule has 1 aliphatic heterocycles. The van der Waals surface area contributed by atoms with Crippen molar-refractivity contribution in [2.45, 2.75) is 40.2 Å². The van der Waals surface area contributed by atoms with E-state index in [0.717, 1.165) is 29.1 Å². The first-order valence-corrected chi connectivity index (χ1v) is 7.38. The van der Waals surface area contributed by atoms with Crippen molar-refractivity contribution in [2.75, 3.05) is 20.2 Å². The van der Waals surface area contributed by atoms with Crippen molar-refractivity contribution in [1.82, 2.24) is 9.88 Å². The third kappa shape index (κ3) is 2.88. The molecule has 1 unspecified atom stereocenters. The number of rotatable bonds is 5. The van der Waals surface area contributed by atoms with E-state index in [1.54, 1.807) is 7.11 Å². The van der Waals surface area contributed by atoms with Gasteiger partial charge in [-0.2, -0.15) is 0 Å². The smallest absolute Gasteiger partial charge is 0.310 e. The maximum Gasteiger partial charge on any atom is 0.310 e. The first kappa shape index (κ1) is 15.8. The number of likely N-dealkylation sites (tertiary alicyclic amines) is 1. The van der Waals surface area contributed by atoms with Crippen LogP contribution in [0.25, 0.3) is 0 Å². The molecule has 1 atom stereocenters. The van der Waals surface area contributed by atoms with Gasteiger partial charge in [0.05, 0.1) is 18.2 Å². The molecule has 2 heterocycles. The highest BCUT2D eigenvalue weighted by Gasteiger charge is 2.43. The van der Waals surface area contributed by atoms with E-state index in [1.807, 2.05) is 27.0 Å². The molecule has 0 bridgehead atoms. The minimum absolute atomic E-state index is 0.593. The van der Waals surface area contributed by atoms with Gasteiger partial charge < -0.3 is 9.84 Å². The second-order valence-electron chi connectivity index (χ2n) is 5.95. The Hall–Kier alpha value is -1.62. The minimum Gasteiger partial charge on any atom is -0.496 e. The number of aliphatic carboxylic acids is 1. The summed E-state index contributed by atoms with van der Waals surface area (Å²) in [5.74, 6) is 0.192. The van der Waals surface area contributed by atoms with Gasteiger partial charge in [-0.05, 0) is 33.2 Å². The quantitative estimate of drug-likeness (QED) is 0.903. The molecule has 0 spiro atoms. The van der Waals surface area contributed by atoms with Gasteiger partial charge in [0.1, 0.15) is 5.75 Å². The second kappa shape index (κ2) is 6.02. The normalized spacial score (nSPS) is 22.5. The summed E-state index contributed by atoms with van der Waals surface area (Å²) in [5.41, 5.74) is 2.44. The average molecular weight is 292 g/mol. The van der Waals surface area contributed by atoms with Gasteiger partial charge in [0.25, 0.3) is 0 Å². The van der Waals surface area contributed by atoms with Gasteiger partial charge in [-0.15, -0.1) is 0 Å². The number of carboxylic acid groups (broad SMARTS) is 1. The lowest BCUT2D eigenvalue weighted by Crippen LogP contribution is -2.34. The summed E-state index contributed by atoms with van der Waals surface area (Å²) in [4.78, 5) is 18.2. The van der Waals surface area contributed by atoms with Gasteiger partial charge in [-0.25, -0.2) is 0 Å². The highest BCUT2D eigenvalue weighted by molar-refractivity contribution is 5.75. The number of methoxy groups -OCH3 is 1. The number of nitrogens with zero attached hydrogens (tertiary/aromatic N) is 2. The summed E-state index contributed by atoms with van der Waals surface area (Å²) in [6.07, 6.45) is 3.20. The zero-order chi connectivity index (χ0) is 15.6. The zero-order valence-corrected chi connectivity index (χ0v) is 13.3. The number of aryl methyl sites for hydroxylation is 1. The van der Waals surface area contributed by atoms with E-state index in [0.29, 0.717) is 25.9 Å². The van der Waals surface area contributed by atoms with Crippen LogP contribution >= 0.6 is 0 Å². The molecule has 1 N–H and O–H groups in total. The van der Waals surface area contributed by atoms with Crippen LogP contribution < -0.4 is 4.74 Å². The summed E-state index contributed by atoms with van der Waals surface area (Å²) in [6.45, 7) is 8.01. The lowest BCUT2D eigenvalue weighted by Gasteiger charge is -2.23. The van der Waals surface area contributed by atoms with Crippen LogP contribution in [-0.2, 0) is 11.3 Å². The number of carboxylic acids is 1. The largest absolute Gasteiger partial charge is 0.496 e. The Morgan fingerprint density at radius 3 is 2.76 bits per heavy atom. The van der Waals surface area contributed by atoms with E-state index in [2.05, 4.69) is 9.88 Å². The maximum absolute atomic E-state index is 11.5. The van der Waals surface area contributed by atoms with E-state index >= 15 is 0 Å². The molecule has 1 fully saturated rings. The van der Waals surface area contributed by atoms with Crippen LogP contribution in [-0.4, -0.2) is 41.2 Å². The molecule has 1 saturated heterocycles. The van der Waals surface area contributed by atoms with Crippen LogP contribution in [0.1, 0.15) is 36.6 Å². The molecular weight excluding hydrogens is 268 g/mol. The van der Waals surface area contributed by atoms with Crippen LogP contribution in [0.3, 0.4) is 0 Å². The van der Waals surface area contributed by atoms with E-state index in [1.165, 1.54) is 0 Å². The molecule has 0 aromatic carbocycles. The third-order valence-electron chi connectivity index (χ3n) is 4.69. The van der Waals surface area contributed by atoms with Gasteiger partial charge in [0, 0.05) is 30.4 Å². The first-order valence-electron chi connectivity index (χ1n) is 7.38. The van der Waals surface area contributed by atoms with E-state index in [4.69, 9.17) is 4.74 Å². The number of pyridine rings is 1. The van der Waals surface area contributed by atoms with Crippen molar-refractivity contribution in [3.8, 4) is 5.75 Å². The Morgan fingerprint density at radius 1 is 1.52 bits per heavy atom. The highest BCUT2D eigenvalue weighted by Crippen LogP contribution is 2.35. The molecule has 0 radical (unpaired) electrons. The molecule has 1 aliphatic rings. The van der Waals surface area contributed by atoms with Crippen LogP contribution in [0.5, 0.6) is 5.75 Å². The molecule has 0 aliphatic carbocycles. The number of carbonyl (C=O) groups is 1. The lowest BCUT2D eigenvalue weighted by molar-refractivity contribution is -0.148. The molecule has 5 nitrogen and oxygen atoms in total. The van der Waals surface area contributed by atoms with E-state index in [9.17, 15) is 9.90 Å². The van der Waals surface area contributed by atoms with Crippen molar-refractivity contribution >= 4 is 5.97 Å². The van der Waals surface area contributed by atoms with Gasteiger partial charge in [0.2, 0.25) is 0 Å². The number of hydrogen-bond acceptors (Lipinski definition) is 4. The Morgan fingerprint density at radius 2 is 2.24 bits per heavy atom. The van der Waals surface area contributed by atoms with Crippen LogP contribution in [0.2, 0.25) is 0 Å². The second-order valence-corrected chi connectivity index (χ2v) is 5.95. The summed E-state index contributed by atoms with van der Waals surface area (Å²) in [5, 5.41) is 9.46. The zero-order valence-electron chi connectivity index (χ0n) is 13.3. The van der Waals surface area contributed by atoms with Crippen LogP contribution in [0.4, 0.5) is 0 Å². The van der Waals surface area contributed by atoms with Crippen molar-refractivity contribution in [3.05, 3.63) is 23.0 Å². The monoisotopic (exact) mass is 292 g/mol. The third-order valence-corrected chi connectivity index (χ3v) is 4.69. The SMILES string of the molecule is CCC1(C(=O)O)CCN(Cc2ncc(C)c(OC)c2C)C1. The van der Waals surface area contributed by atoms with Crippen molar-refractivity contribution in [3.63, 3.8) is 0 Å². The van der Waals surface area contributed by atoms with Crippen molar-refractivity contribution in [2.24, 2.45) is 5.41 Å². The van der Waals surface area contributed by atoms with Crippen molar-refractivity contribution in [1.29, 1.82) is 0 Å². The molecule has 1 aromatic heterocycles. The predicted molar refractivity (Wildman–Crippen MR) is 80.5 cm³/mol. The molecular formula is C16H24N2O3. The average Bonchev–Trinajstić information content (AvgIpc) is 2.87. The Bertz CT molecular complexity index is 545. The standard InChI is InChI=1S/C16H24N2O3/c1-5-16(15(19)20)6-7-18(10-16)9-13-12(3)14(21-4)11(2)8-17-13/h8H,5-7,9-10H2,1-4H3,(H,19,20). The summed E-state index contributed by atoms with van der Waals surface area (Å²) in [6, 6.07) is 0. The van der Waals surface area contributed by atoms with Gasteiger partial charge in [0.15, 0.2) is 0 Å². The number of ether oxygens (including phenoxy) is 1. The molecule has 1 aromatic rings. The number of aromatic nitrogens is 1. The molecule has 21 heavy (non-hydrogen) atoms. The highest BCUT2D eigenvalue weighted by atomic mass is 16.5. The minimum atomic E-state index is -0.682. The van der Waals surface area contributed by atoms with Gasteiger partial charge >= 0.3 is 5.97 Å². The molecule has 116 valence electrons. The summed E-state index contributed by atoms with van der Waals surface area (Å²) >= 11 is 0. The molecule has 0 saturated carbocycles. The Labute approximate surface area is 125 Å². The summed E-state index contributed by atoms with van der Waals surface area (Å²) in [7, 11) is 1.67. The fraction of sp³-hybridized carbons (Fsp3) is 0.625. The fourth-order valence-electron chi connectivity index (χ4n) is 3.15. The van der Waals surface area contributed by atoms with E-state index in [-0.39, 0.29) is 0 Å². The topological polar surface area (TPSA) is 62.7 Å². The lowest BCUT2D eigenvalue weighted by atomic mass is 9.84. The molecule has 2 rings (SSSR count). The van der Waals surface area contributed by atoms with Crippen molar-refractivity contribution < 1.29 is 14.6 Å². The summed E-state index contributed by atoms with van der Waals surface area (Å²) < 4.78 is 5.43. The van der Waals surface area contributed by atoms with E-state index < -0.39 is 11.4 Å². The van der Waals surface area contributed by atoms with Gasteiger partial charge in [-0.1, -0.05) is 6.92 Å².